The number of carboxylic acid groups (broad SMARTS) is 3. The standard InChI is InChI=1S/C32H59NO6/c1-5-6-7-8-9-10-11-12-13-14-15-16-17-18-19-23-33(24-20-27(2)30(34)35,25-21-28(3)31(36)37)26-22-29(4)32(38)39/h19,23,27-29H,5-18,20-22,24-26H2,1-4H3,(H2-,34,35,36,37,38,39)/p+1/b23-19+. The molecule has 0 fully saturated rings. The summed E-state index contributed by atoms with van der Waals surface area (Å²) < 4.78 is 0.436. The maximum Gasteiger partial charge on any atom is 0.306 e. The highest BCUT2D eigenvalue weighted by Gasteiger charge is 2.30. The zero-order valence-electron chi connectivity index (χ0n) is 25.5. The van der Waals surface area contributed by atoms with Crippen LogP contribution in [-0.4, -0.2) is 57.3 Å². The molecule has 0 saturated carbocycles. The molecule has 0 rings (SSSR count). The van der Waals surface area contributed by atoms with Crippen molar-refractivity contribution in [3.05, 3.63) is 12.3 Å². The Bertz CT molecular complexity index is 632. The first-order valence-corrected chi connectivity index (χ1v) is 15.8. The minimum absolute atomic E-state index is 0.436. The summed E-state index contributed by atoms with van der Waals surface area (Å²) in [6.45, 7) is 8.99. The van der Waals surface area contributed by atoms with Crippen molar-refractivity contribution in [3.8, 4) is 0 Å². The Labute approximate surface area is 238 Å². The van der Waals surface area contributed by atoms with E-state index in [4.69, 9.17) is 0 Å². The van der Waals surface area contributed by atoms with Gasteiger partial charge in [-0.15, -0.1) is 0 Å². The van der Waals surface area contributed by atoms with Crippen molar-refractivity contribution >= 4 is 17.9 Å². The number of nitrogens with zero attached hydrogens (tertiary/aromatic N) is 1. The number of aliphatic carboxylic acids is 3. The van der Waals surface area contributed by atoms with Crippen LogP contribution in [0.15, 0.2) is 12.3 Å². The second kappa shape index (κ2) is 22.9. The minimum atomic E-state index is -0.845. The summed E-state index contributed by atoms with van der Waals surface area (Å²) in [4.78, 5) is 34.4. The molecule has 0 aromatic rings. The van der Waals surface area contributed by atoms with Gasteiger partial charge in [0.05, 0.1) is 43.6 Å². The fourth-order valence-electron chi connectivity index (χ4n) is 4.86. The molecule has 3 unspecified atom stereocenters. The molecule has 0 aromatic carbocycles. The van der Waals surface area contributed by atoms with Crippen molar-refractivity contribution < 1.29 is 34.2 Å². The van der Waals surface area contributed by atoms with E-state index in [0.717, 1.165) is 12.8 Å². The fraction of sp³-hybridized carbons (Fsp3) is 0.844. The fourth-order valence-corrected chi connectivity index (χ4v) is 4.86. The number of carbonyl (C=O) groups is 3. The van der Waals surface area contributed by atoms with Gasteiger partial charge < -0.3 is 15.3 Å². The Balaban J connectivity index is 4.81. The monoisotopic (exact) mass is 554 g/mol. The molecule has 0 heterocycles. The van der Waals surface area contributed by atoms with E-state index in [0.29, 0.717) is 43.4 Å². The summed E-state index contributed by atoms with van der Waals surface area (Å²) in [5.41, 5.74) is 0. The minimum Gasteiger partial charge on any atom is -0.481 e. The van der Waals surface area contributed by atoms with Gasteiger partial charge in [-0.25, -0.2) is 0 Å². The summed E-state index contributed by atoms with van der Waals surface area (Å²) in [5.74, 6) is -4.06. The SMILES string of the molecule is CCCCCCCCCCCCCCC/C=C/[N+](CCC(C)C(=O)O)(CCC(C)C(=O)O)CCC(C)C(=O)O. The van der Waals surface area contributed by atoms with Crippen molar-refractivity contribution in [1.82, 2.24) is 0 Å². The Morgan fingerprint density at radius 1 is 0.564 bits per heavy atom. The first-order valence-electron chi connectivity index (χ1n) is 15.8. The third kappa shape index (κ3) is 19.8. The predicted octanol–water partition coefficient (Wildman–Crippen LogP) is 8.13. The van der Waals surface area contributed by atoms with Crippen LogP contribution in [0, 0.1) is 17.8 Å². The van der Waals surface area contributed by atoms with Crippen LogP contribution in [0.4, 0.5) is 0 Å². The van der Waals surface area contributed by atoms with Crippen molar-refractivity contribution in [3.63, 3.8) is 0 Å². The lowest BCUT2D eigenvalue weighted by atomic mass is 10.0. The first-order chi connectivity index (χ1) is 18.5. The van der Waals surface area contributed by atoms with E-state index in [1.54, 1.807) is 20.8 Å². The Hall–Kier alpha value is -1.89. The highest BCUT2D eigenvalue weighted by atomic mass is 16.4. The van der Waals surface area contributed by atoms with Gasteiger partial charge in [0, 0.05) is 19.3 Å². The van der Waals surface area contributed by atoms with E-state index in [9.17, 15) is 29.7 Å². The number of hydrogen-bond donors (Lipinski definition) is 3. The predicted molar refractivity (Wildman–Crippen MR) is 159 cm³/mol. The molecular formula is C32H60NO6+. The highest BCUT2D eigenvalue weighted by Crippen LogP contribution is 2.21. The van der Waals surface area contributed by atoms with E-state index in [1.807, 2.05) is 0 Å². The van der Waals surface area contributed by atoms with E-state index < -0.39 is 35.7 Å². The zero-order chi connectivity index (χ0) is 29.5. The highest BCUT2D eigenvalue weighted by molar-refractivity contribution is 5.70. The Kier molecular flexibility index (Phi) is 21.8. The van der Waals surface area contributed by atoms with Crippen molar-refractivity contribution in [2.45, 2.75) is 137 Å². The van der Waals surface area contributed by atoms with Crippen LogP contribution in [0.25, 0.3) is 0 Å². The van der Waals surface area contributed by atoms with Crippen LogP contribution in [-0.2, 0) is 14.4 Å². The summed E-state index contributed by atoms with van der Waals surface area (Å²) in [6.07, 6.45) is 23.6. The molecule has 0 aliphatic rings. The lowest BCUT2D eigenvalue weighted by Crippen LogP contribution is -2.47. The molecule has 0 aliphatic carbocycles. The number of unbranched alkanes of at least 4 members (excludes halogenated alkanes) is 13. The number of allylic oxidation sites excluding steroid dienone is 1. The van der Waals surface area contributed by atoms with E-state index in [-0.39, 0.29) is 0 Å². The maximum absolute atomic E-state index is 11.5. The normalized spacial score (nSPS) is 15.6. The average molecular weight is 555 g/mol. The summed E-state index contributed by atoms with van der Waals surface area (Å²) >= 11 is 0. The molecule has 0 bridgehead atoms. The number of quaternary nitrogens is 1. The number of rotatable bonds is 27. The van der Waals surface area contributed by atoms with Crippen LogP contribution in [0.5, 0.6) is 0 Å². The average Bonchev–Trinajstić information content (AvgIpc) is 2.90. The molecular weight excluding hydrogens is 494 g/mol. The van der Waals surface area contributed by atoms with E-state index >= 15 is 0 Å². The lowest BCUT2D eigenvalue weighted by molar-refractivity contribution is -0.881. The van der Waals surface area contributed by atoms with Crippen molar-refractivity contribution in [1.29, 1.82) is 0 Å². The van der Waals surface area contributed by atoms with Gasteiger partial charge in [0.1, 0.15) is 0 Å². The van der Waals surface area contributed by atoms with Gasteiger partial charge in [0.15, 0.2) is 0 Å². The van der Waals surface area contributed by atoms with Crippen molar-refractivity contribution in [2.75, 3.05) is 19.6 Å². The van der Waals surface area contributed by atoms with Gasteiger partial charge in [-0.05, 0) is 18.9 Å². The molecule has 0 amide bonds. The molecule has 7 heteroatoms. The maximum atomic E-state index is 11.5. The summed E-state index contributed by atoms with van der Waals surface area (Å²) in [6, 6.07) is 0. The third-order valence-electron chi connectivity index (χ3n) is 8.18. The van der Waals surface area contributed by atoms with E-state index in [1.165, 1.54) is 77.0 Å². The van der Waals surface area contributed by atoms with Gasteiger partial charge in [-0.3, -0.25) is 18.9 Å². The van der Waals surface area contributed by atoms with Gasteiger partial charge in [-0.1, -0.05) is 105 Å². The zero-order valence-corrected chi connectivity index (χ0v) is 25.5. The Morgan fingerprint density at radius 3 is 1.18 bits per heavy atom. The number of carboxylic acids is 3. The van der Waals surface area contributed by atoms with Gasteiger partial charge in [0.2, 0.25) is 0 Å². The lowest BCUT2D eigenvalue weighted by Gasteiger charge is -2.37. The second-order valence-corrected chi connectivity index (χ2v) is 11.9. The van der Waals surface area contributed by atoms with Crippen LogP contribution in [0.2, 0.25) is 0 Å². The molecule has 0 aliphatic heterocycles. The first kappa shape index (κ1) is 37.1. The molecule has 3 N–H and O–H groups in total. The van der Waals surface area contributed by atoms with Crippen LogP contribution >= 0.6 is 0 Å². The van der Waals surface area contributed by atoms with E-state index in [2.05, 4.69) is 19.2 Å². The van der Waals surface area contributed by atoms with Crippen LogP contribution in [0.3, 0.4) is 0 Å². The molecule has 0 aromatic heterocycles. The molecule has 39 heavy (non-hydrogen) atoms. The van der Waals surface area contributed by atoms with Gasteiger partial charge >= 0.3 is 17.9 Å². The van der Waals surface area contributed by atoms with Crippen LogP contribution < -0.4 is 0 Å². The molecule has 7 nitrogen and oxygen atoms in total. The largest absolute Gasteiger partial charge is 0.481 e. The topological polar surface area (TPSA) is 112 Å². The summed E-state index contributed by atoms with van der Waals surface area (Å²) in [7, 11) is 0. The Morgan fingerprint density at radius 2 is 0.872 bits per heavy atom. The van der Waals surface area contributed by atoms with Crippen LogP contribution in [0.1, 0.15) is 137 Å². The molecule has 0 spiro atoms. The quantitative estimate of drug-likeness (QED) is 0.0698. The second-order valence-electron chi connectivity index (χ2n) is 11.9. The van der Waals surface area contributed by atoms with Gasteiger partial charge in [-0.2, -0.15) is 0 Å². The summed E-state index contributed by atoms with van der Waals surface area (Å²) in [5, 5.41) is 28.2. The molecule has 228 valence electrons. The molecule has 0 saturated heterocycles. The smallest absolute Gasteiger partial charge is 0.306 e. The molecule has 0 radical (unpaired) electrons. The van der Waals surface area contributed by atoms with Crippen molar-refractivity contribution in [2.24, 2.45) is 17.8 Å². The molecule has 3 atom stereocenters. The van der Waals surface area contributed by atoms with Gasteiger partial charge in [0.25, 0.3) is 0 Å². The number of hydrogen-bond acceptors (Lipinski definition) is 3. The third-order valence-corrected chi connectivity index (χ3v) is 8.18.